The van der Waals surface area contributed by atoms with Crippen LogP contribution >= 0.6 is 11.3 Å². The summed E-state index contributed by atoms with van der Waals surface area (Å²) in [6.45, 7) is 5.57. The lowest BCUT2D eigenvalue weighted by molar-refractivity contribution is 0.172. The molecule has 1 N–H and O–H groups in total. The molecule has 0 saturated heterocycles. The smallest absolute Gasteiger partial charge is 0.129 e. The second kappa shape index (κ2) is 5.16. The van der Waals surface area contributed by atoms with E-state index in [0.717, 1.165) is 21.8 Å². The first-order valence-corrected chi connectivity index (χ1v) is 6.71. The number of aryl methyl sites for hydroxylation is 3. The van der Waals surface area contributed by atoms with E-state index in [1.54, 1.807) is 0 Å². The molecule has 1 unspecified atom stereocenters. The molecule has 4 heteroatoms. The van der Waals surface area contributed by atoms with E-state index in [4.69, 9.17) is 0 Å². The normalized spacial score (nSPS) is 12.7. The first kappa shape index (κ1) is 13.2. The third-order valence-corrected chi connectivity index (χ3v) is 3.84. The highest BCUT2D eigenvalue weighted by Gasteiger charge is 2.17. The van der Waals surface area contributed by atoms with E-state index in [9.17, 15) is 9.50 Å². The predicted molar refractivity (Wildman–Crippen MR) is 71.4 cm³/mol. The lowest BCUT2D eigenvalue weighted by Gasteiger charge is -2.14. The summed E-state index contributed by atoms with van der Waals surface area (Å²) in [6, 6.07) is 3.34. The first-order valence-electron chi connectivity index (χ1n) is 5.83. The zero-order chi connectivity index (χ0) is 13.3. The summed E-state index contributed by atoms with van der Waals surface area (Å²) < 4.78 is 13.9. The molecule has 0 radical (unpaired) electrons. The van der Waals surface area contributed by atoms with Crippen LogP contribution in [0, 0.1) is 26.6 Å². The van der Waals surface area contributed by atoms with Crippen LogP contribution in [0.5, 0.6) is 0 Å². The molecule has 0 fully saturated rings. The van der Waals surface area contributed by atoms with Gasteiger partial charge in [0.1, 0.15) is 5.82 Å². The van der Waals surface area contributed by atoms with Crippen molar-refractivity contribution in [1.82, 2.24) is 4.98 Å². The zero-order valence-corrected chi connectivity index (χ0v) is 11.5. The molecule has 0 saturated carbocycles. The van der Waals surface area contributed by atoms with Crippen LogP contribution in [0.3, 0.4) is 0 Å². The van der Waals surface area contributed by atoms with Crippen LogP contribution in [-0.4, -0.2) is 10.1 Å². The molecule has 1 aromatic heterocycles. The molecule has 0 aliphatic carbocycles. The van der Waals surface area contributed by atoms with Crippen LogP contribution in [0.25, 0.3) is 0 Å². The second-order valence-electron chi connectivity index (χ2n) is 4.58. The maximum Gasteiger partial charge on any atom is 0.129 e. The summed E-state index contributed by atoms with van der Waals surface area (Å²) in [4.78, 5) is 4.29. The van der Waals surface area contributed by atoms with E-state index in [2.05, 4.69) is 4.98 Å². The van der Waals surface area contributed by atoms with Crippen LogP contribution < -0.4 is 0 Å². The molecule has 2 nitrogen and oxygen atoms in total. The van der Waals surface area contributed by atoms with Gasteiger partial charge in [-0.3, -0.25) is 0 Å². The number of benzene rings is 1. The summed E-state index contributed by atoms with van der Waals surface area (Å²) in [5.41, 5.74) is 2.97. The van der Waals surface area contributed by atoms with Crippen LogP contribution in [0.15, 0.2) is 17.5 Å². The van der Waals surface area contributed by atoms with Crippen LogP contribution in [0.2, 0.25) is 0 Å². The number of thiazole rings is 1. The van der Waals surface area contributed by atoms with Crippen molar-refractivity contribution >= 4 is 11.3 Å². The number of aliphatic hydroxyl groups excluding tert-OH is 1. The molecule has 2 rings (SSSR count). The van der Waals surface area contributed by atoms with Crippen molar-refractivity contribution in [3.8, 4) is 0 Å². The standard InChI is InChI=1S/C14H16FNOS/c1-8-4-9(2)14(11(15)5-8)12(17)6-13-16-10(3)7-18-13/h4-5,7,12,17H,6H2,1-3H3. The number of nitrogens with zero attached hydrogens (tertiary/aromatic N) is 1. The predicted octanol–water partition coefficient (Wildman–Crippen LogP) is 3.48. The van der Waals surface area contributed by atoms with Crippen molar-refractivity contribution < 1.29 is 9.50 Å². The molecule has 0 spiro atoms. The van der Waals surface area contributed by atoms with Crippen molar-refractivity contribution in [3.63, 3.8) is 0 Å². The van der Waals surface area contributed by atoms with Crippen molar-refractivity contribution in [3.05, 3.63) is 50.7 Å². The molecule has 0 aliphatic rings. The van der Waals surface area contributed by atoms with E-state index < -0.39 is 6.10 Å². The number of rotatable bonds is 3. The van der Waals surface area contributed by atoms with Gasteiger partial charge in [-0.1, -0.05) is 6.07 Å². The highest BCUT2D eigenvalue weighted by molar-refractivity contribution is 7.09. The van der Waals surface area contributed by atoms with Crippen LogP contribution in [0.4, 0.5) is 4.39 Å². The Morgan fingerprint density at radius 2 is 2.06 bits per heavy atom. The Morgan fingerprint density at radius 3 is 2.61 bits per heavy atom. The average Bonchev–Trinajstić information content (AvgIpc) is 2.62. The van der Waals surface area contributed by atoms with Gasteiger partial charge in [0.25, 0.3) is 0 Å². The van der Waals surface area contributed by atoms with E-state index in [1.165, 1.54) is 17.4 Å². The number of hydrogen-bond donors (Lipinski definition) is 1. The Labute approximate surface area is 110 Å². The van der Waals surface area contributed by atoms with Crippen LogP contribution in [-0.2, 0) is 6.42 Å². The number of aromatic nitrogens is 1. The van der Waals surface area contributed by atoms with Gasteiger partial charge in [0.15, 0.2) is 0 Å². The van der Waals surface area contributed by atoms with Crippen molar-refractivity contribution in [2.24, 2.45) is 0 Å². The van der Waals surface area contributed by atoms with E-state index in [0.29, 0.717) is 12.0 Å². The third kappa shape index (κ3) is 2.76. The summed E-state index contributed by atoms with van der Waals surface area (Å²) >= 11 is 1.49. The summed E-state index contributed by atoms with van der Waals surface area (Å²) in [6.07, 6.45) is -0.476. The first-order chi connectivity index (χ1) is 8.47. The Hall–Kier alpha value is -1.26. The Morgan fingerprint density at radius 1 is 1.33 bits per heavy atom. The monoisotopic (exact) mass is 265 g/mol. The number of aliphatic hydroxyl groups is 1. The minimum atomic E-state index is -0.837. The van der Waals surface area contributed by atoms with Gasteiger partial charge in [0, 0.05) is 23.1 Å². The highest BCUT2D eigenvalue weighted by atomic mass is 32.1. The maximum atomic E-state index is 13.9. The van der Waals surface area contributed by atoms with E-state index in [1.807, 2.05) is 32.2 Å². The average molecular weight is 265 g/mol. The molecule has 1 atom stereocenters. The molecule has 18 heavy (non-hydrogen) atoms. The maximum absolute atomic E-state index is 13.9. The molecular formula is C14H16FNOS. The van der Waals surface area contributed by atoms with E-state index in [-0.39, 0.29) is 5.82 Å². The summed E-state index contributed by atoms with van der Waals surface area (Å²) in [5.74, 6) is -0.340. The Balaban J connectivity index is 2.26. The van der Waals surface area contributed by atoms with Gasteiger partial charge in [-0.15, -0.1) is 11.3 Å². The lowest BCUT2D eigenvalue weighted by Crippen LogP contribution is -2.07. The molecule has 1 aromatic carbocycles. The minimum absolute atomic E-state index is 0.340. The zero-order valence-electron chi connectivity index (χ0n) is 10.7. The SMILES string of the molecule is Cc1cc(C)c(C(O)Cc2nc(C)cs2)c(F)c1. The van der Waals surface area contributed by atoms with Crippen LogP contribution in [0.1, 0.15) is 33.5 Å². The number of halogens is 1. The van der Waals surface area contributed by atoms with Gasteiger partial charge < -0.3 is 5.11 Å². The molecule has 0 bridgehead atoms. The Bertz CT molecular complexity index is 542. The van der Waals surface area contributed by atoms with Crippen molar-refractivity contribution in [2.45, 2.75) is 33.3 Å². The van der Waals surface area contributed by atoms with Gasteiger partial charge >= 0.3 is 0 Å². The van der Waals surface area contributed by atoms with Gasteiger partial charge in [-0.25, -0.2) is 9.37 Å². The van der Waals surface area contributed by atoms with E-state index >= 15 is 0 Å². The summed E-state index contributed by atoms with van der Waals surface area (Å²) in [7, 11) is 0. The molecule has 0 aliphatic heterocycles. The second-order valence-corrected chi connectivity index (χ2v) is 5.52. The van der Waals surface area contributed by atoms with Crippen molar-refractivity contribution in [2.75, 3.05) is 0 Å². The molecule has 96 valence electrons. The van der Waals surface area contributed by atoms with Gasteiger partial charge in [-0.05, 0) is 38.0 Å². The number of hydrogen-bond acceptors (Lipinski definition) is 3. The fourth-order valence-corrected chi connectivity index (χ4v) is 2.92. The fraction of sp³-hybridized carbons (Fsp3) is 0.357. The van der Waals surface area contributed by atoms with Crippen molar-refractivity contribution in [1.29, 1.82) is 0 Å². The largest absolute Gasteiger partial charge is 0.388 e. The Kier molecular flexibility index (Phi) is 3.78. The lowest BCUT2D eigenvalue weighted by atomic mass is 9.98. The van der Waals surface area contributed by atoms with Gasteiger partial charge in [-0.2, -0.15) is 0 Å². The topological polar surface area (TPSA) is 33.1 Å². The fourth-order valence-electron chi connectivity index (χ4n) is 2.11. The third-order valence-electron chi connectivity index (χ3n) is 2.85. The summed E-state index contributed by atoms with van der Waals surface area (Å²) in [5, 5.41) is 12.9. The van der Waals surface area contributed by atoms with Gasteiger partial charge in [0.2, 0.25) is 0 Å². The quantitative estimate of drug-likeness (QED) is 0.921. The molecule has 1 heterocycles. The highest BCUT2D eigenvalue weighted by Crippen LogP contribution is 2.26. The van der Waals surface area contributed by atoms with Gasteiger partial charge in [0.05, 0.1) is 11.1 Å². The minimum Gasteiger partial charge on any atom is -0.388 e. The molecule has 0 amide bonds. The molecule has 2 aromatic rings. The molecular weight excluding hydrogens is 249 g/mol.